The number of carbonyl (C=O) groups is 3. The van der Waals surface area contributed by atoms with Crippen molar-refractivity contribution in [2.75, 3.05) is 17.3 Å². The van der Waals surface area contributed by atoms with Crippen molar-refractivity contribution < 1.29 is 19.7 Å². The second-order valence-electron chi connectivity index (χ2n) is 8.81. The molecule has 8 heteroatoms. The van der Waals surface area contributed by atoms with Gasteiger partial charge in [0.05, 0.1) is 5.69 Å². The van der Waals surface area contributed by atoms with Gasteiger partial charge in [-0.25, -0.2) is 0 Å². The fourth-order valence-corrected chi connectivity index (χ4v) is 5.79. The van der Waals surface area contributed by atoms with Crippen molar-refractivity contribution in [3.8, 4) is 0 Å². The van der Waals surface area contributed by atoms with Crippen molar-refractivity contribution in [2.24, 2.45) is 11.8 Å². The van der Waals surface area contributed by atoms with Gasteiger partial charge in [-0.3, -0.25) is 19.3 Å². The number of thioether (sulfide) groups is 1. The van der Waals surface area contributed by atoms with Gasteiger partial charge in [-0.1, -0.05) is 11.6 Å². The molecule has 1 aromatic rings. The lowest BCUT2D eigenvalue weighted by atomic mass is 9.76. The molecule has 0 radical (unpaired) electrons. The molecule has 3 aliphatic heterocycles. The van der Waals surface area contributed by atoms with E-state index < -0.39 is 22.9 Å². The van der Waals surface area contributed by atoms with E-state index in [1.165, 1.54) is 4.90 Å². The molecule has 3 N–H and O–H groups in total. The Hall–Kier alpha value is -1.57. The molecule has 4 atom stereocenters. The predicted octanol–water partition coefficient (Wildman–Crippen LogP) is 1.59. The standard InChI is InChI=1S/C20H24ClN3O3S/c1-19(2,3)24-16(25)14-13(7-8-28-4)23-20(15(14)17(24)26)11-9-10(21)5-6-12(11)22-18(20)27/h5-6,9,13-15,23H,7-8H2,1-4H3,(H,22,27)/p+1/t13-,14-,15+,20+/m1/s1. The third kappa shape index (κ3) is 2.56. The highest BCUT2D eigenvalue weighted by Crippen LogP contribution is 2.51. The van der Waals surface area contributed by atoms with Gasteiger partial charge in [0.1, 0.15) is 17.9 Å². The maximum Gasteiger partial charge on any atom is 0.291 e. The number of anilines is 1. The summed E-state index contributed by atoms with van der Waals surface area (Å²) in [4.78, 5) is 41.5. The van der Waals surface area contributed by atoms with Crippen molar-refractivity contribution in [1.82, 2.24) is 4.90 Å². The van der Waals surface area contributed by atoms with E-state index in [1.54, 1.807) is 30.0 Å². The van der Waals surface area contributed by atoms with Gasteiger partial charge in [-0.15, -0.1) is 0 Å². The van der Waals surface area contributed by atoms with E-state index in [4.69, 9.17) is 11.6 Å². The molecule has 28 heavy (non-hydrogen) atoms. The Morgan fingerprint density at radius 1 is 1.25 bits per heavy atom. The molecular formula is C20H25ClN3O3S+. The minimum Gasteiger partial charge on any atom is -0.326 e. The number of halogens is 1. The van der Waals surface area contributed by atoms with Crippen molar-refractivity contribution in [3.05, 3.63) is 28.8 Å². The number of carbonyl (C=O) groups excluding carboxylic acids is 3. The van der Waals surface area contributed by atoms with Gasteiger partial charge in [0.25, 0.3) is 5.91 Å². The fraction of sp³-hybridized carbons (Fsp3) is 0.550. The smallest absolute Gasteiger partial charge is 0.291 e. The van der Waals surface area contributed by atoms with E-state index >= 15 is 0 Å². The zero-order valence-corrected chi connectivity index (χ0v) is 18.0. The number of nitrogens with one attached hydrogen (secondary N) is 1. The van der Waals surface area contributed by atoms with Crippen LogP contribution in [0.2, 0.25) is 5.02 Å². The zero-order valence-electron chi connectivity index (χ0n) is 16.4. The van der Waals surface area contributed by atoms with Crippen LogP contribution in [-0.2, 0) is 19.9 Å². The summed E-state index contributed by atoms with van der Waals surface area (Å²) in [7, 11) is 0. The van der Waals surface area contributed by atoms with Gasteiger partial charge in [0.2, 0.25) is 17.4 Å². The summed E-state index contributed by atoms with van der Waals surface area (Å²) in [6.45, 7) is 5.57. The second-order valence-corrected chi connectivity index (χ2v) is 10.2. The number of hydrogen-bond donors (Lipinski definition) is 2. The van der Waals surface area contributed by atoms with Crippen LogP contribution in [0.3, 0.4) is 0 Å². The number of hydrogen-bond acceptors (Lipinski definition) is 4. The number of quaternary nitrogens is 1. The monoisotopic (exact) mass is 422 g/mol. The molecule has 150 valence electrons. The molecule has 3 amide bonds. The number of likely N-dealkylation sites (tertiary alicyclic amines) is 1. The molecular weight excluding hydrogens is 398 g/mol. The molecule has 2 saturated heterocycles. The Balaban J connectivity index is 1.89. The number of nitrogens with two attached hydrogens (primary N) is 1. The van der Waals surface area contributed by atoms with Crippen LogP contribution in [0.1, 0.15) is 32.8 Å². The SMILES string of the molecule is CSCC[C@H]1[NH2+][C@]2(C(=O)Nc3ccc(Cl)cc32)[C@@H]2C(=O)N(C(C)(C)C)C(=O)[C@@H]21. The topological polar surface area (TPSA) is 83.1 Å². The van der Waals surface area contributed by atoms with Crippen LogP contribution in [0.15, 0.2) is 18.2 Å². The van der Waals surface area contributed by atoms with Gasteiger partial charge in [0.15, 0.2) is 0 Å². The first-order valence-corrected chi connectivity index (χ1v) is 11.2. The van der Waals surface area contributed by atoms with Crippen LogP contribution in [0.4, 0.5) is 5.69 Å². The zero-order chi connectivity index (χ0) is 20.4. The van der Waals surface area contributed by atoms with E-state index in [9.17, 15) is 14.4 Å². The number of nitrogens with zero attached hydrogens (tertiary/aromatic N) is 1. The Morgan fingerprint density at radius 3 is 2.61 bits per heavy atom. The van der Waals surface area contributed by atoms with Gasteiger partial charge >= 0.3 is 0 Å². The number of benzene rings is 1. The number of amides is 3. The average molecular weight is 423 g/mol. The summed E-state index contributed by atoms with van der Waals surface area (Å²) >= 11 is 7.94. The summed E-state index contributed by atoms with van der Waals surface area (Å²) < 4.78 is 0. The van der Waals surface area contributed by atoms with Crippen molar-refractivity contribution >= 4 is 46.8 Å². The molecule has 3 aliphatic rings. The van der Waals surface area contributed by atoms with E-state index in [1.807, 2.05) is 32.3 Å². The summed E-state index contributed by atoms with van der Waals surface area (Å²) in [6, 6.07) is 5.12. The first-order valence-electron chi connectivity index (χ1n) is 9.47. The highest BCUT2D eigenvalue weighted by atomic mass is 35.5. The van der Waals surface area contributed by atoms with E-state index in [0.29, 0.717) is 16.3 Å². The summed E-state index contributed by atoms with van der Waals surface area (Å²) in [6.07, 6.45) is 2.77. The lowest BCUT2D eigenvalue weighted by Crippen LogP contribution is -2.99. The summed E-state index contributed by atoms with van der Waals surface area (Å²) in [5, 5.41) is 5.39. The van der Waals surface area contributed by atoms with Crippen LogP contribution in [0.25, 0.3) is 0 Å². The van der Waals surface area contributed by atoms with Gasteiger partial charge in [-0.2, -0.15) is 11.8 Å². The van der Waals surface area contributed by atoms with Gasteiger partial charge < -0.3 is 10.6 Å². The average Bonchev–Trinajstić information content (AvgIpc) is 3.18. The van der Waals surface area contributed by atoms with Gasteiger partial charge in [-0.05, 0) is 51.0 Å². The largest absolute Gasteiger partial charge is 0.326 e. The third-order valence-electron chi connectivity index (χ3n) is 6.16. The summed E-state index contributed by atoms with van der Waals surface area (Å²) in [5.74, 6) is -1.01. The van der Waals surface area contributed by atoms with E-state index in [0.717, 1.165) is 12.2 Å². The number of fused-ring (bicyclic) bond motifs is 4. The molecule has 2 fully saturated rings. The Bertz CT molecular complexity index is 884. The normalized spacial score (nSPS) is 31.5. The summed E-state index contributed by atoms with van der Waals surface area (Å²) in [5.41, 5.74) is -0.385. The fourth-order valence-electron chi connectivity index (χ4n) is 5.11. The highest BCUT2D eigenvalue weighted by molar-refractivity contribution is 7.98. The number of rotatable bonds is 3. The van der Waals surface area contributed by atoms with E-state index in [2.05, 4.69) is 5.32 Å². The molecule has 0 unspecified atom stereocenters. The minimum atomic E-state index is -1.14. The molecule has 4 rings (SSSR count). The van der Waals surface area contributed by atoms with Gasteiger partial charge in [0, 0.05) is 22.5 Å². The van der Waals surface area contributed by atoms with Crippen molar-refractivity contribution in [3.63, 3.8) is 0 Å². The minimum absolute atomic E-state index is 0.128. The highest BCUT2D eigenvalue weighted by Gasteiger charge is 2.74. The number of imide groups is 1. The van der Waals surface area contributed by atoms with Crippen LogP contribution >= 0.6 is 23.4 Å². The molecule has 0 aromatic heterocycles. The first-order chi connectivity index (χ1) is 13.1. The maximum atomic E-state index is 13.5. The third-order valence-corrected chi connectivity index (χ3v) is 7.04. The Labute approximate surface area is 173 Å². The molecule has 0 saturated carbocycles. The second kappa shape index (κ2) is 6.47. The molecule has 3 heterocycles. The van der Waals surface area contributed by atoms with E-state index in [-0.39, 0.29) is 23.8 Å². The van der Waals surface area contributed by atoms with Crippen molar-refractivity contribution in [2.45, 2.75) is 44.3 Å². The van der Waals surface area contributed by atoms with Crippen LogP contribution in [0, 0.1) is 11.8 Å². The maximum absolute atomic E-state index is 13.5. The Morgan fingerprint density at radius 2 is 1.96 bits per heavy atom. The Kier molecular flexibility index (Phi) is 4.56. The molecule has 0 aliphatic carbocycles. The molecule has 1 spiro atoms. The quantitative estimate of drug-likeness (QED) is 0.724. The van der Waals surface area contributed by atoms with Crippen molar-refractivity contribution in [1.29, 1.82) is 0 Å². The molecule has 6 nitrogen and oxygen atoms in total. The molecule has 0 bridgehead atoms. The lowest BCUT2D eigenvalue weighted by Gasteiger charge is -2.33. The lowest BCUT2D eigenvalue weighted by molar-refractivity contribution is -0.733. The van der Waals surface area contributed by atoms with Crippen LogP contribution in [-0.4, -0.2) is 46.2 Å². The first kappa shape index (κ1) is 19.7. The predicted molar refractivity (Wildman–Crippen MR) is 109 cm³/mol. The van der Waals surface area contributed by atoms with Crippen LogP contribution < -0.4 is 10.6 Å². The molecule has 1 aromatic carbocycles. The van der Waals surface area contributed by atoms with Crippen LogP contribution in [0.5, 0.6) is 0 Å².